The normalized spacial score (nSPS) is 12.7. The third-order valence-corrected chi connectivity index (χ3v) is 4.64. The number of carboxylic acids is 1. The van der Waals surface area contributed by atoms with E-state index in [-0.39, 0.29) is 24.9 Å². The number of hydrogen-bond acceptors (Lipinski definition) is 4. The fraction of sp³-hybridized carbons (Fsp3) is 0.900. The van der Waals surface area contributed by atoms with Crippen LogP contribution in [0.25, 0.3) is 0 Å². The highest BCUT2D eigenvalue weighted by molar-refractivity contribution is 7.92. The van der Waals surface area contributed by atoms with Crippen molar-refractivity contribution in [2.45, 2.75) is 39.0 Å². The molecule has 0 amide bonds. The van der Waals surface area contributed by atoms with Gasteiger partial charge in [0.15, 0.2) is 9.84 Å². The van der Waals surface area contributed by atoms with E-state index in [4.69, 9.17) is 5.11 Å². The van der Waals surface area contributed by atoms with Crippen LogP contribution in [0.2, 0.25) is 0 Å². The van der Waals surface area contributed by atoms with Gasteiger partial charge in [0.1, 0.15) is 0 Å². The predicted molar refractivity (Wildman–Crippen MR) is 63.3 cm³/mol. The maximum atomic E-state index is 11.6. The third-order valence-electron chi connectivity index (χ3n) is 2.45. The van der Waals surface area contributed by atoms with Crippen molar-refractivity contribution in [3.05, 3.63) is 0 Å². The second-order valence-corrected chi connectivity index (χ2v) is 7.05. The molecule has 1 N–H and O–H groups in total. The lowest BCUT2D eigenvalue weighted by Crippen LogP contribution is -2.39. The van der Waals surface area contributed by atoms with Crippen molar-refractivity contribution in [2.24, 2.45) is 0 Å². The second kappa shape index (κ2) is 6.20. The maximum absolute atomic E-state index is 11.6. The predicted octanol–water partition coefficient (Wildman–Crippen LogP) is 0.605. The van der Waals surface area contributed by atoms with Crippen LogP contribution in [0.5, 0.6) is 0 Å². The van der Waals surface area contributed by atoms with Crippen LogP contribution in [0.4, 0.5) is 0 Å². The largest absolute Gasteiger partial charge is 0.480 e. The lowest BCUT2D eigenvalue weighted by atomic mass is 10.3. The van der Waals surface area contributed by atoms with Crippen LogP contribution in [-0.4, -0.2) is 54.5 Å². The van der Waals surface area contributed by atoms with E-state index in [1.807, 2.05) is 13.8 Å². The van der Waals surface area contributed by atoms with Crippen molar-refractivity contribution < 1.29 is 18.3 Å². The van der Waals surface area contributed by atoms with Crippen LogP contribution < -0.4 is 0 Å². The van der Waals surface area contributed by atoms with E-state index in [1.54, 1.807) is 18.7 Å². The van der Waals surface area contributed by atoms with Gasteiger partial charge in [-0.15, -0.1) is 0 Å². The van der Waals surface area contributed by atoms with Gasteiger partial charge < -0.3 is 5.11 Å². The average Bonchev–Trinajstić information content (AvgIpc) is 2.10. The zero-order valence-electron chi connectivity index (χ0n) is 10.3. The first-order valence-corrected chi connectivity index (χ1v) is 7.05. The third kappa shape index (κ3) is 5.46. The first-order chi connectivity index (χ1) is 7.16. The Bertz CT molecular complexity index is 322. The first kappa shape index (κ1) is 15.4. The highest BCUT2D eigenvalue weighted by atomic mass is 32.2. The van der Waals surface area contributed by atoms with Crippen LogP contribution in [0, 0.1) is 0 Å². The molecule has 0 aromatic carbocycles. The Morgan fingerprint density at radius 2 is 1.75 bits per heavy atom. The van der Waals surface area contributed by atoms with Crippen molar-refractivity contribution in [3.8, 4) is 0 Å². The molecule has 6 heteroatoms. The Morgan fingerprint density at radius 3 is 2.06 bits per heavy atom. The zero-order valence-corrected chi connectivity index (χ0v) is 11.1. The second-order valence-electron chi connectivity index (χ2n) is 4.37. The SMILES string of the molecule is CC(C)N(CCS(=O)(=O)C(C)C)CC(=O)O. The Kier molecular flexibility index (Phi) is 5.96. The molecule has 0 unspecified atom stereocenters. The van der Waals surface area contributed by atoms with Gasteiger partial charge in [0.25, 0.3) is 0 Å². The van der Waals surface area contributed by atoms with Gasteiger partial charge in [-0.1, -0.05) is 0 Å². The van der Waals surface area contributed by atoms with Gasteiger partial charge in [-0.2, -0.15) is 0 Å². The lowest BCUT2D eigenvalue weighted by Gasteiger charge is -2.24. The van der Waals surface area contributed by atoms with Gasteiger partial charge in [-0.05, 0) is 27.7 Å². The minimum Gasteiger partial charge on any atom is -0.480 e. The molecule has 0 bridgehead atoms. The van der Waals surface area contributed by atoms with Crippen molar-refractivity contribution in [2.75, 3.05) is 18.8 Å². The summed E-state index contributed by atoms with van der Waals surface area (Å²) in [5, 5.41) is 8.27. The summed E-state index contributed by atoms with van der Waals surface area (Å²) in [5.74, 6) is -0.925. The van der Waals surface area contributed by atoms with Crippen molar-refractivity contribution >= 4 is 15.8 Å². The Balaban J connectivity index is 4.39. The number of hydrogen-bond donors (Lipinski definition) is 1. The highest BCUT2D eigenvalue weighted by Gasteiger charge is 2.20. The first-order valence-electron chi connectivity index (χ1n) is 5.34. The molecule has 0 radical (unpaired) electrons. The molecule has 0 rings (SSSR count). The molecule has 0 atom stereocenters. The summed E-state index contributed by atoms with van der Waals surface area (Å²) < 4.78 is 23.1. The van der Waals surface area contributed by atoms with Gasteiger partial charge in [0.05, 0.1) is 17.5 Å². The molecular formula is C10H21NO4S. The monoisotopic (exact) mass is 251 g/mol. The molecule has 0 aliphatic carbocycles. The van der Waals surface area contributed by atoms with E-state index in [1.165, 1.54) is 0 Å². The van der Waals surface area contributed by atoms with Crippen LogP contribution >= 0.6 is 0 Å². The molecule has 96 valence electrons. The van der Waals surface area contributed by atoms with E-state index in [0.717, 1.165) is 0 Å². The zero-order chi connectivity index (χ0) is 12.9. The minimum atomic E-state index is -3.10. The molecule has 0 saturated heterocycles. The van der Waals surface area contributed by atoms with E-state index in [2.05, 4.69) is 0 Å². The molecule has 0 saturated carbocycles. The Morgan fingerprint density at radius 1 is 1.25 bits per heavy atom. The molecule has 5 nitrogen and oxygen atoms in total. The fourth-order valence-electron chi connectivity index (χ4n) is 1.17. The minimum absolute atomic E-state index is 0.0100. The van der Waals surface area contributed by atoms with E-state index in [0.29, 0.717) is 0 Å². The quantitative estimate of drug-likeness (QED) is 0.717. The van der Waals surface area contributed by atoms with Gasteiger partial charge in [-0.25, -0.2) is 8.42 Å². The molecule has 0 fully saturated rings. The van der Waals surface area contributed by atoms with E-state index in [9.17, 15) is 13.2 Å². The molecular weight excluding hydrogens is 230 g/mol. The number of aliphatic carboxylic acids is 1. The highest BCUT2D eigenvalue weighted by Crippen LogP contribution is 2.04. The van der Waals surface area contributed by atoms with Gasteiger partial charge >= 0.3 is 5.97 Å². The summed E-state index contributed by atoms with van der Waals surface area (Å²) in [6.45, 7) is 7.12. The standard InChI is InChI=1S/C10H21NO4S/c1-8(2)11(7-10(12)13)5-6-16(14,15)9(3)4/h8-9H,5-7H2,1-4H3,(H,12,13). The number of sulfone groups is 1. The van der Waals surface area contributed by atoms with Crippen molar-refractivity contribution in [3.63, 3.8) is 0 Å². The van der Waals surface area contributed by atoms with E-state index < -0.39 is 21.1 Å². The van der Waals surface area contributed by atoms with Gasteiger partial charge in [0, 0.05) is 12.6 Å². The molecule has 0 aliphatic heterocycles. The Hall–Kier alpha value is -0.620. The summed E-state index contributed by atoms with van der Waals surface area (Å²) in [6, 6.07) is 0.0264. The van der Waals surface area contributed by atoms with Crippen LogP contribution in [0.3, 0.4) is 0 Å². The topological polar surface area (TPSA) is 74.7 Å². The van der Waals surface area contributed by atoms with E-state index >= 15 is 0 Å². The van der Waals surface area contributed by atoms with Crippen LogP contribution in [0.15, 0.2) is 0 Å². The lowest BCUT2D eigenvalue weighted by molar-refractivity contribution is -0.138. The Labute approximate surface area is 97.4 Å². The van der Waals surface area contributed by atoms with Crippen molar-refractivity contribution in [1.82, 2.24) is 4.90 Å². The molecule has 0 heterocycles. The summed E-state index contributed by atoms with van der Waals surface area (Å²) in [4.78, 5) is 12.2. The molecule has 0 aromatic rings. The summed E-state index contributed by atoms with van der Waals surface area (Å²) in [5.41, 5.74) is 0. The summed E-state index contributed by atoms with van der Waals surface area (Å²) in [7, 11) is -3.10. The summed E-state index contributed by atoms with van der Waals surface area (Å²) in [6.07, 6.45) is 0. The fourth-order valence-corrected chi connectivity index (χ4v) is 2.13. The number of rotatable bonds is 7. The van der Waals surface area contributed by atoms with Crippen molar-refractivity contribution in [1.29, 1.82) is 0 Å². The number of nitrogens with zero attached hydrogens (tertiary/aromatic N) is 1. The maximum Gasteiger partial charge on any atom is 0.317 e. The average molecular weight is 251 g/mol. The molecule has 0 spiro atoms. The van der Waals surface area contributed by atoms with Gasteiger partial charge in [0.2, 0.25) is 0 Å². The molecule has 0 aromatic heterocycles. The van der Waals surface area contributed by atoms with Gasteiger partial charge in [-0.3, -0.25) is 9.69 Å². The molecule has 0 aliphatic rings. The van der Waals surface area contributed by atoms with Crippen LogP contribution in [0.1, 0.15) is 27.7 Å². The number of carboxylic acid groups (broad SMARTS) is 1. The molecule has 16 heavy (non-hydrogen) atoms. The number of carbonyl (C=O) groups is 1. The van der Waals surface area contributed by atoms with Crippen LogP contribution in [-0.2, 0) is 14.6 Å². The smallest absolute Gasteiger partial charge is 0.317 e. The summed E-state index contributed by atoms with van der Waals surface area (Å²) >= 11 is 0.